The van der Waals surface area contributed by atoms with E-state index in [1.165, 1.54) is 25.3 Å². The molecule has 24 heavy (non-hydrogen) atoms. The van der Waals surface area contributed by atoms with Crippen LogP contribution in [0.3, 0.4) is 0 Å². The van der Waals surface area contributed by atoms with Crippen LogP contribution in [-0.4, -0.2) is 23.8 Å². The normalized spacial score (nSPS) is 30.6. The first kappa shape index (κ1) is 14.9. The van der Waals surface area contributed by atoms with E-state index >= 15 is 0 Å². The molecule has 0 aromatic heterocycles. The van der Waals surface area contributed by atoms with Gasteiger partial charge in [0, 0.05) is 0 Å². The van der Waals surface area contributed by atoms with Gasteiger partial charge in [-0.05, 0) is 36.8 Å². The first-order valence-corrected chi connectivity index (χ1v) is 7.91. The SMILES string of the molecule is COc1ccc(N2C(=O)[C@@H]3[C@H](C2=O)[C@@H]2C=C[C@H]3CC2)c([N+](=O)[O-])c1. The first-order chi connectivity index (χ1) is 11.5. The van der Waals surface area contributed by atoms with Crippen LogP contribution in [0, 0.1) is 33.8 Å². The van der Waals surface area contributed by atoms with Gasteiger partial charge in [0.1, 0.15) is 11.4 Å². The third-order valence-corrected chi connectivity index (χ3v) is 5.38. The topological polar surface area (TPSA) is 89.8 Å². The minimum Gasteiger partial charge on any atom is -0.496 e. The lowest BCUT2D eigenvalue weighted by Gasteiger charge is -2.38. The summed E-state index contributed by atoms with van der Waals surface area (Å²) in [6.07, 6.45) is 5.82. The summed E-state index contributed by atoms with van der Waals surface area (Å²) < 4.78 is 5.01. The van der Waals surface area contributed by atoms with Gasteiger partial charge in [-0.2, -0.15) is 0 Å². The van der Waals surface area contributed by atoms with E-state index in [1.807, 2.05) is 12.2 Å². The van der Waals surface area contributed by atoms with Crippen LogP contribution < -0.4 is 9.64 Å². The molecule has 0 N–H and O–H groups in total. The number of fused-ring (bicyclic) bond motifs is 1. The van der Waals surface area contributed by atoms with Gasteiger partial charge in [-0.3, -0.25) is 19.7 Å². The Morgan fingerprint density at radius 3 is 2.17 bits per heavy atom. The second-order valence-corrected chi connectivity index (χ2v) is 6.47. The number of nitrogens with zero attached hydrogens (tertiary/aromatic N) is 2. The van der Waals surface area contributed by atoms with E-state index in [2.05, 4.69) is 0 Å². The fraction of sp³-hybridized carbons (Fsp3) is 0.412. The van der Waals surface area contributed by atoms with Gasteiger partial charge in [0.15, 0.2) is 0 Å². The van der Waals surface area contributed by atoms with Crippen molar-refractivity contribution in [3.63, 3.8) is 0 Å². The van der Waals surface area contributed by atoms with Gasteiger partial charge >= 0.3 is 0 Å². The molecule has 1 saturated carbocycles. The van der Waals surface area contributed by atoms with Gasteiger partial charge in [0.2, 0.25) is 11.8 Å². The number of rotatable bonds is 3. The third kappa shape index (κ3) is 1.90. The summed E-state index contributed by atoms with van der Waals surface area (Å²) >= 11 is 0. The summed E-state index contributed by atoms with van der Waals surface area (Å²) in [7, 11) is 1.41. The highest BCUT2D eigenvalue weighted by atomic mass is 16.6. The van der Waals surface area contributed by atoms with Crippen molar-refractivity contribution in [2.24, 2.45) is 23.7 Å². The highest BCUT2D eigenvalue weighted by Gasteiger charge is 2.57. The number of ether oxygens (including phenoxy) is 1. The number of allylic oxidation sites excluding steroid dienone is 2. The second kappa shape index (κ2) is 5.15. The molecule has 5 rings (SSSR count). The van der Waals surface area contributed by atoms with Crippen molar-refractivity contribution in [2.75, 3.05) is 12.0 Å². The Bertz CT molecular complexity index is 755. The summed E-state index contributed by atoms with van der Waals surface area (Å²) in [5, 5.41) is 11.4. The fourth-order valence-electron chi connectivity index (χ4n) is 4.28. The molecule has 3 aliphatic carbocycles. The highest BCUT2D eigenvalue weighted by molar-refractivity contribution is 6.23. The lowest BCUT2D eigenvalue weighted by Crippen LogP contribution is -2.38. The van der Waals surface area contributed by atoms with E-state index in [-0.39, 0.29) is 46.9 Å². The van der Waals surface area contributed by atoms with E-state index in [1.54, 1.807) is 0 Å². The van der Waals surface area contributed by atoms with Crippen LogP contribution in [0.1, 0.15) is 12.8 Å². The van der Waals surface area contributed by atoms with Crippen molar-refractivity contribution in [2.45, 2.75) is 12.8 Å². The zero-order valence-electron chi connectivity index (χ0n) is 13.0. The lowest BCUT2D eigenvalue weighted by molar-refractivity contribution is -0.384. The maximum atomic E-state index is 12.9. The number of amides is 2. The molecular weight excluding hydrogens is 312 g/mol. The summed E-state index contributed by atoms with van der Waals surface area (Å²) in [6.45, 7) is 0. The number of anilines is 1. The van der Waals surface area contributed by atoms with Gasteiger partial charge in [-0.25, -0.2) is 4.90 Å². The molecule has 0 spiro atoms. The molecule has 4 aliphatic rings. The van der Waals surface area contributed by atoms with E-state index in [4.69, 9.17) is 4.74 Å². The number of imide groups is 1. The minimum absolute atomic E-state index is 0.0320. The average molecular weight is 328 g/mol. The summed E-state index contributed by atoms with van der Waals surface area (Å²) in [5.74, 6) is -0.998. The molecule has 1 saturated heterocycles. The maximum absolute atomic E-state index is 12.9. The van der Waals surface area contributed by atoms with Crippen LogP contribution in [0.25, 0.3) is 0 Å². The molecule has 2 fully saturated rings. The minimum atomic E-state index is -0.590. The van der Waals surface area contributed by atoms with Crippen molar-refractivity contribution < 1.29 is 19.2 Å². The van der Waals surface area contributed by atoms with E-state index in [0.29, 0.717) is 5.75 Å². The third-order valence-electron chi connectivity index (χ3n) is 5.38. The lowest BCUT2D eigenvalue weighted by atomic mass is 9.63. The fourth-order valence-corrected chi connectivity index (χ4v) is 4.28. The van der Waals surface area contributed by atoms with Crippen LogP contribution in [0.4, 0.5) is 11.4 Å². The number of hydrogen-bond acceptors (Lipinski definition) is 5. The number of carbonyl (C=O) groups excluding carboxylic acids is 2. The standard InChI is InChI=1S/C17H16N2O5/c1-24-11-6-7-12(13(8-11)19(22)23)18-16(20)14-9-2-3-10(5-4-9)15(14)17(18)21/h2-3,6-10,14-15H,4-5H2,1H3/t9-,10+,14-,15+. The first-order valence-electron chi connectivity index (χ1n) is 7.91. The van der Waals surface area contributed by atoms with Crippen LogP contribution in [0.5, 0.6) is 5.75 Å². The van der Waals surface area contributed by atoms with Crippen molar-refractivity contribution in [1.29, 1.82) is 0 Å². The Hall–Kier alpha value is -2.70. The Labute approximate surface area is 138 Å². The molecule has 0 radical (unpaired) electrons. The molecule has 1 heterocycles. The van der Waals surface area contributed by atoms with Crippen LogP contribution >= 0.6 is 0 Å². The van der Waals surface area contributed by atoms with Gasteiger partial charge in [-0.1, -0.05) is 12.2 Å². The Balaban J connectivity index is 1.80. The van der Waals surface area contributed by atoms with E-state index < -0.39 is 4.92 Å². The zero-order valence-corrected chi connectivity index (χ0v) is 13.0. The van der Waals surface area contributed by atoms with Gasteiger partial charge in [0.05, 0.1) is 29.9 Å². The Kier molecular flexibility index (Phi) is 3.19. The summed E-state index contributed by atoms with van der Waals surface area (Å²) in [4.78, 5) is 37.6. The molecule has 1 aromatic rings. The number of hydrogen-bond donors (Lipinski definition) is 0. The average Bonchev–Trinajstić information content (AvgIpc) is 2.88. The zero-order chi connectivity index (χ0) is 17.0. The smallest absolute Gasteiger partial charge is 0.297 e. The van der Waals surface area contributed by atoms with Crippen LogP contribution in [0.2, 0.25) is 0 Å². The maximum Gasteiger partial charge on any atom is 0.297 e. The number of nitro groups is 1. The van der Waals surface area contributed by atoms with E-state index in [9.17, 15) is 19.7 Å². The van der Waals surface area contributed by atoms with Crippen molar-refractivity contribution >= 4 is 23.2 Å². The molecule has 2 amide bonds. The van der Waals surface area contributed by atoms with Crippen molar-refractivity contribution in [1.82, 2.24) is 0 Å². The summed E-state index contributed by atoms with van der Waals surface area (Å²) in [5.41, 5.74) is -0.264. The Morgan fingerprint density at radius 2 is 1.71 bits per heavy atom. The molecule has 1 aromatic carbocycles. The van der Waals surface area contributed by atoms with Gasteiger partial charge in [0.25, 0.3) is 5.69 Å². The number of benzene rings is 1. The van der Waals surface area contributed by atoms with Gasteiger partial charge < -0.3 is 4.74 Å². The molecule has 4 atom stereocenters. The quantitative estimate of drug-likeness (QED) is 0.367. The largest absolute Gasteiger partial charge is 0.496 e. The van der Waals surface area contributed by atoms with Crippen LogP contribution in [0.15, 0.2) is 30.4 Å². The molecule has 124 valence electrons. The van der Waals surface area contributed by atoms with Gasteiger partial charge in [-0.15, -0.1) is 0 Å². The molecule has 7 heteroatoms. The number of carbonyl (C=O) groups is 2. The monoisotopic (exact) mass is 328 g/mol. The number of methoxy groups -OCH3 is 1. The molecule has 1 aliphatic heterocycles. The summed E-state index contributed by atoms with van der Waals surface area (Å²) in [6, 6.07) is 4.18. The van der Waals surface area contributed by atoms with Crippen molar-refractivity contribution in [3.05, 3.63) is 40.5 Å². The number of nitro benzene ring substituents is 1. The van der Waals surface area contributed by atoms with Crippen molar-refractivity contribution in [3.8, 4) is 5.75 Å². The molecule has 0 unspecified atom stereocenters. The second-order valence-electron chi connectivity index (χ2n) is 6.47. The van der Waals surface area contributed by atoms with E-state index in [0.717, 1.165) is 17.7 Å². The molecule has 2 bridgehead atoms. The molecule has 7 nitrogen and oxygen atoms in total. The van der Waals surface area contributed by atoms with Crippen LogP contribution in [-0.2, 0) is 9.59 Å². The molecular formula is C17H16N2O5. The predicted molar refractivity (Wildman–Crippen MR) is 84.5 cm³/mol. The predicted octanol–water partition coefficient (Wildman–Crippen LogP) is 2.30. The highest BCUT2D eigenvalue weighted by Crippen LogP contribution is 2.51. The Morgan fingerprint density at radius 1 is 1.12 bits per heavy atom.